The van der Waals surface area contributed by atoms with Gasteiger partial charge in [-0.3, -0.25) is 4.79 Å². The number of rotatable bonds is 7. The molecule has 2 aromatic carbocycles. The van der Waals surface area contributed by atoms with E-state index < -0.39 is 5.60 Å². The third kappa shape index (κ3) is 4.84. The van der Waals surface area contributed by atoms with Crippen molar-refractivity contribution in [3.05, 3.63) is 65.7 Å². The van der Waals surface area contributed by atoms with Crippen molar-refractivity contribution in [1.29, 1.82) is 0 Å². The second-order valence-electron chi connectivity index (χ2n) is 9.54. The Hall–Kier alpha value is -2.37. The molecule has 1 aliphatic carbocycles. The molecule has 1 heterocycles. The molecule has 2 fully saturated rings. The third-order valence-corrected chi connectivity index (χ3v) is 7.52. The number of nitrogens with zero attached hydrogens (tertiary/aromatic N) is 2. The number of phenolic OH excluding ortho intramolecular Hbond substituents is 1. The second kappa shape index (κ2) is 10.1. The van der Waals surface area contributed by atoms with Gasteiger partial charge in [0.25, 0.3) is 5.91 Å². The van der Waals surface area contributed by atoms with Gasteiger partial charge in [-0.2, -0.15) is 0 Å². The average Bonchev–Trinajstić information content (AvgIpc) is 3.38. The van der Waals surface area contributed by atoms with E-state index >= 15 is 0 Å². The first-order valence-electron chi connectivity index (χ1n) is 12.0. The molecule has 2 N–H and O–H groups in total. The Bertz CT molecular complexity index is 889. The highest BCUT2D eigenvalue weighted by molar-refractivity contribution is 5.87. The molecular weight excluding hydrogens is 400 g/mol. The van der Waals surface area contributed by atoms with Gasteiger partial charge in [0.1, 0.15) is 5.75 Å². The Kier molecular flexibility index (Phi) is 7.17. The van der Waals surface area contributed by atoms with Crippen molar-refractivity contribution >= 4 is 5.91 Å². The molecule has 1 aliphatic heterocycles. The first-order chi connectivity index (χ1) is 15.5. The fourth-order valence-corrected chi connectivity index (χ4v) is 5.52. The quantitative estimate of drug-likeness (QED) is 0.690. The molecule has 1 atom stereocenters. The molecule has 172 valence electrons. The summed E-state index contributed by atoms with van der Waals surface area (Å²) in [4.78, 5) is 17.9. The summed E-state index contributed by atoms with van der Waals surface area (Å²) in [5.74, 6) is 0.196. The number of amides is 1. The number of piperidine rings is 1. The molecular formula is C27H36N2O3. The highest BCUT2D eigenvalue weighted by Crippen LogP contribution is 2.42. The Morgan fingerprint density at radius 1 is 1.03 bits per heavy atom. The van der Waals surface area contributed by atoms with E-state index in [0.717, 1.165) is 62.6 Å². The van der Waals surface area contributed by atoms with Crippen molar-refractivity contribution in [2.75, 3.05) is 26.7 Å². The molecule has 1 saturated carbocycles. The lowest BCUT2D eigenvalue weighted by atomic mass is 9.78. The Morgan fingerprint density at radius 3 is 2.38 bits per heavy atom. The normalized spacial score (nSPS) is 19.9. The number of hydrogen-bond acceptors (Lipinski definition) is 4. The molecule has 2 aromatic rings. The van der Waals surface area contributed by atoms with Crippen LogP contribution in [0.4, 0.5) is 0 Å². The van der Waals surface area contributed by atoms with Crippen LogP contribution in [0.2, 0.25) is 0 Å². The van der Waals surface area contributed by atoms with Crippen LogP contribution < -0.4 is 0 Å². The first kappa shape index (κ1) is 22.8. The number of carbonyl (C=O) groups excluding carboxylic acids is 1. The summed E-state index contributed by atoms with van der Waals surface area (Å²) in [5, 5.41) is 21.5. The molecule has 1 saturated heterocycles. The van der Waals surface area contributed by atoms with Crippen LogP contribution >= 0.6 is 0 Å². The molecule has 32 heavy (non-hydrogen) atoms. The van der Waals surface area contributed by atoms with Crippen molar-refractivity contribution < 1.29 is 15.0 Å². The zero-order valence-corrected chi connectivity index (χ0v) is 19.1. The van der Waals surface area contributed by atoms with E-state index in [4.69, 9.17) is 0 Å². The topological polar surface area (TPSA) is 64.0 Å². The van der Waals surface area contributed by atoms with Crippen LogP contribution in [0.5, 0.6) is 5.75 Å². The number of benzene rings is 2. The molecule has 5 nitrogen and oxygen atoms in total. The zero-order chi connectivity index (χ0) is 22.6. The van der Waals surface area contributed by atoms with Crippen molar-refractivity contribution in [3.63, 3.8) is 0 Å². The molecule has 4 rings (SSSR count). The summed E-state index contributed by atoms with van der Waals surface area (Å²) in [6.07, 6.45) is 6.70. The lowest BCUT2D eigenvalue weighted by Gasteiger charge is -2.42. The average molecular weight is 437 g/mol. The molecule has 0 aromatic heterocycles. The van der Waals surface area contributed by atoms with E-state index in [0.29, 0.717) is 24.9 Å². The summed E-state index contributed by atoms with van der Waals surface area (Å²) in [5.41, 5.74) is 0.461. The number of likely N-dealkylation sites (tertiary alicyclic amines) is 1. The van der Waals surface area contributed by atoms with E-state index in [1.54, 1.807) is 6.07 Å². The van der Waals surface area contributed by atoms with Gasteiger partial charge in [0.15, 0.2) is 5.60 Å². The summed E-state index contributed by atoms with van der Waals surface area (Å²) in [6.45, 7) is 2.28. The van der Waals surface area contributed by atoms with E-state index in [9.17, 15) is 15.0 Å². The van der Waals surface area contributed by atoms with Gasteiger partial charge in [-0.15, -0.1) is 0 Å². The predicted octanol–water partition coefficient (Wildman–Crippen LogP) is 3.94. The van der Waals surface area contributed by atoms with E-state index in [1.807, 2.05) is 53.4 Å². The van der Waals surface area contributed by atoms with Crippen LogP contribution in [-0.2, 0) is 16.8 Å². The highest BCUT2D eigenvalue weighted by atomic mass is 16.3. The van der Waals surface area contributed by atoms with Crippen molar-refractivity contribution in [2.45, 2.75) is 56.6 Å². The minimum atomic E-state index is -1.41. The van der Waals surface area contributed by atoms with Gasteiger partial charge in [0, 0.05) is 31.6 Å². The van der Waals surface area contributed by atoms with Crippen molar-refractivity contribution in [2.24, 2.45) is 5.92 Å². The number of aliphatic hydroxyl groups is 1. The molecule has 2 aliphatic rings. The number of phenols is 1. The van der Waals surface area contributed by atoms with E-state index in [2.05, 4.69) is 11.9 Å². The standard InChI is InChI=1S/C27H36N2O3/c1-28(17-14-21-8-7-13-25(30)20-21)24-15-18-29(19-16-24)26(31)27(32,23-11-5-6-12-23)22-9-3-2-4-10-22/h2-4,7-10,13,20,23-24,30,32H,5-6,11-12,14-19H2,1H3/t27-/m0/s1. The number of hydrogen-bond donors (Lipinski definition) is 2. The van der Waals surface area contributed by atoms with Crippen LogP contribution in [0.15, 0.2) is 54.6 Å². The van der Waals surface area contributed by atoms with Crippen LogP contribution in [0, 0.1) is 5.92 Å². The van der Waals surface area contributed by atoms with Gasteiger partial charge in [0.2, 0.25) is 0 Å². The van der Waals surface area contributed by atoms with Crippen molar-refractivity contribution in [1.82, 2.24) is 9.80 Å². The van der Waals surface area contributed by atoms with Crippen molar-refractivity contribution in [3.8, 4) is 5.75 Å². The maximum atomic E-state index is 13.7. The van der Waals surface area contributed by atoms with Crippen LogP contribution in [0.3, 0.4) is 0 Å². The molecule has 0 bridgehead atoms. The monoisotopic (exact) mass is 436 g/mol. The van der Waals surface area contributed by atoms with E-state index in [1.165, 1.54) is 0 Å². The molecule has 1 amide bonds. The predicted molar refractivity (Wildman–Crippen MR) is 126 cm³/mol. The van der Waals surface area contributed by atoms with Crippen LogP contribution in [0.1, 0.15) is 49.7 Å². The number of carbonyl (C=O) groups is 1. The van der Waals surface area contributed by atoms with Gasteiger partial charge >= 0.3 is 0 Å². The Labute approximate surface area is 191 Å². The maximum absolute atomic E-state index is 13.7. The zero-order valence-electron chi connectivity index (χ0n) is 19.1. The summed E-state index contributed by atoms with van der Waals surface area (Å²) in [7, 11) is 2.14. The molecule has 0 radical (unpaired) electrons. The Morgan fingerprint density at radius 2 is 1.72 bits per heavy atom. The Balaban J connectivity index is 1.37. The molecule has 0 unspecified atom stereocenters. The first-order valence-corrected chi connectivity index (χ1v) is 12.0. The smallest absolute Gasteiger partial charge is 0.259 e. The fourth-order valence-electron chi connectivity index (χ4n) is 5.52. The molecule has 5 heteroatoms. The minimum absolute atomic E-state index is 0.0000791. The van der Waals surface area contributed by atoms with Crippen LogP contribution in [0.25, 0.3) is 0 Å². The third-order valence-electron chi connectivity index (χ3n) is 7.52. The van der Waals surface area contributed by atoms with Gasteiger partial charge in [-0.05, 0) is 62.4 Å². The van der Waals surface area contributed by atoms with Gasteiger partial charge in [0.05, 0.1) is 0 Å². The largest absolute Gasteiger partial charge is 0.508 e. The maximum Gasteiger partial charge on any atom is 0.259 e. The summed E-state index contributed by atoms with van der Waals surface area (Å²) < 4.78 is 0. The fraction of sp³-hybridized carbons (Fsp3) is 0.519. The van der Waals surface area contributed by atoms with Gasteiger partial charge in [-0.25, -0.2) is 0 Å². The van der Waals surface area contributed by atoms with Gasteiger partial charge < -0.3 is 20.0 Å². The number of likely N-dealkylation sites (N-methyl/N-ethyl adjacent to an activating group) is 1. The molecule has 0 spiro atoms. The number of aromatic hydroxyl groups is 1. The SMILES string of the molecule is CN(CCc1cccc(O)c1)C1CCN(C(=O)[C@](O)(c2ccccc2)C2CCCC2)CC1. The van der Waals surface area contributed by atoms with Gasteiger partial charge in [-0.1, -0.05) is 55.3 Å². The highest BCUT2D eigenvalue weighted by Gasteiger charge is 2.48. The van der Waals surface area contributed by atoms with Crippen LogP contribution in [-0.4, -0.2) is 58.6 Å². The summed E-state index contributed by atoms with van der Waals surface area (Å²) >= 11 is 0. The second-order valence-corrected chi connectivity index (χ2v) is 9.54. The summed E-state index contributed by atoms with van der Waals surface area (Å²) in [6, 6.07) is 17.4. The lowest BCUT2D eigenvalue weighted by Crippen LogP contribution is -2.54. The lowest BCUT2D eigenvalue weighted by molar-refractivity contribution is -0.161. The van der Waals surface area contributed by atoms with E-state index in [-0.39, 0.29) is 11.8 Å². The minimum Gasteiger partial charge on any atom is -0.508 e.